The van der Waals surface area contributed by atoms with Crippen LogP contribution < -0.4 is 10.6 Å². The van der Waals surface area contributed by atoms with Gasteiger partial charge < -0.3 is 15.5 Å². The van der Waals surface area contributed by atoms with Gasteiger partial charge in [-0.05, 0) is 26.0 Å². The van der Waals surface area contributed by atoms with Crippen LogP contribution in [0.1, 0.15) is 13.8 Å². The Balaban J connectivity index is 0.00000288. The summed E-state index contributed by atoms with van der Waals surface area (Å²) in [5, 5.41) is 6.03. The molecule has 0 spiro atoms. The molecule has 8 heteroatoms. The first-order chi connectivity index (χ1) is 11.0. The van der Waals surface area contributed by atoms with E-state index in [2.05, 4.69) is 15.5 Å². The van der Waals surface area contributed by atoms with Crippen molar-refractivity contribution >= 4 is 42.3 Å². The topological polar surface area (TPSA) is 64.7 Å². The van der Waals surface area contributed by atoms with Gasteiger partial charge in [0.25, 0.3) is 0 Å². The zero-order valence-corrected chi connectivity index (χ0v) is 16.4. The van der Waals surface area contributed by atoms with Crippen LogP contribution in [0.5, 0.6) is 0 Å². The summed E-state index contributed by atoms with van der Waals surface area (Å²) >= 11 is 0. The smallest absolute Gasteiger partial charge is 0.241 e. The van der Waals surface area contributed by atoms with Crippen molar-refractivity contribution in [1.29, 1.82) is 0 Å². The molecule has 2 amide bonds. The Morgan fingerprint density at radius 2 is 1.64 bits per heavy atom. The summed E-state index contributed by atoms with van der Waals surface area (Å²) in [5.74, 6) is 0.144. The fraction of sp³-hybridized carbons (Fsp3) is 0.529. The lowest BCUT2D eigenvalue weighted by Gasteiger charge is -2.34. The molecule has 1 saturated heterocycles. The van der Waals surface area contributed by atoms with Crippen LogP contribution in [0.4, 0.5) is 5.69 Å². The lowest BCUT2D eigenvalue weighted by atomic mass is 10.3. The highest BCUT2D eigenvalue weighted by molar-refractivity contribution is 5.85. The average Bonchev–Trinajstić information content (AvgIpc) is 2.53. The zero-order chi connectivity index (χ0) is 16.7. The first-order valence-corrected chi connectivity index (χ1v) is 8.13. The molecule has 0 bridgehead atoms. The second kappa shape index (κ2) is 12.0. The third-order valence-corrected chi connectivity index (χ3v) is 3.76. The SMILES string of the molecule is CC(C)NC(=O)CN1CCN(C(=O)CNc2ccccc2)CC1.Cl.Cl. The Hall–Kier alpha value is -1.50. The predicted molar refractivity (Wildman–Crippen MR) is 106 cm³/mol. The zero-order valence-electron chi connectivity index (χ0n) is 14.7. The minimum absolute atomic E-state index is 0. The normalized spacial score (nSPS) is 14.3. The summed E-state index contributed by atoms with van der Waals surface area (Å²) in [7, 11) is 0. The third-order valence-electron chi connectivity index (χ3n) is 3.76. The van der Waals surface area contributed by atoms with E-state index in [0.29, 0.717) is 26.2 Å². The molecule has 2 rings (SSSR count). The molecule has 0 atom stereocenters. The number of rotatable bonds is 6. The molecule has 1 heterocycles. The highest BCUT2D eigenvalue weighted by Crippen LogP contribution is 2.06. The van der Waals surface area contributed by atoms with E-state index in [0.717, 1.165) is 18.8 Å². The molecule has 1 aliphatic rings. The highest BCUT2D eigenvalue weighted by Gasteiger charge is 2.22. The Kier molecular flexibility index (Phi) is 11.2. The van der Waals surface area contributed by atoms with Gasteiger partial charge in [-0.15, -0.1) is 24.8 Å². The summed E-state index contributed by atoms with van der Waals surface area (Å²) in [4.78, 5) is 27.9. The van der Waals surface area contributed by atoms with Crippen molar-refractivity contribution < 1.29 is 9.59 Å². The molecule has 1 aromatic carbocycles. The fourth-order valence-corrected chi connectivity index (χ4v) is 2.57. The number of amides is 2. The average molecular weight is 391 g/mol. The molecular weight excluding hydrogens is 363 g/mol. The number of benzene rings is 1. The lowest BCUT2D eigenvalue weighted by Crippen LogP contribution is -2.52. The summed E-state index contributed by atoms with van der Waals surface area (Å²) in [6.07, 6.45) is 0. The van der Waals surface area contributed by atoms with Crippen molar-refractivity contribution in [2.45, 2.75) is 19.9 Å². The predicted octanol–water partition coefficient (Wildman–Crippen LogP) is 1.61. The van der Waals surface area contributed by atoms with Gasteiger partial charge in [0, 0.05) is 37.9 Å². The summed E-state index contributed by atoms with van der Waals surface area (Å²) in [6, 6.07) is 9.87. The van der Waals surface area contributed by atoms with Crippen molar-refractivity contribution in [3.8, 4) is 0 Å². The van der Waals surface area contributed by atoms with Gasteiger partial charge in [-0.1, -0.05) is 18.2 Å². The second-order valence-electron chi connectivity index (χ2n) is 6.10. The molecular formula is C17H28Cl2N4O2. The van der Waals surface area contributed by atoms with E-state index in [1.165, 1.54) is 0 Å². The van der Waals surface area contributed by atoms with Crippen LogP contribution in [0.3, 0.4) is 0 Å². The first-order valence-electron chi connectivity index (χ1n) is 8.13. The van der Waals surface area contributed by atoms with Gasteiger partial charge in [0.05, 0.1) is 13.1 Å². The van der Waals surface area contributed by atoms with Gasteiger partial charge in [0.2, 0.25) is 11.8 Å². The Labute approximate surface area is 162 Å². The van der Waals surface area contributed by atoms with E-state index in [1.807, 2.05) is 49.1 Å². The van der Waals surface area contributed by atoms with Gasteiger partial charge in [-0.3, -0.25) is 14.5 Å². The van der Waals surface area contributed by atoms with Gasteiger partial charge in [-0.2, -0.15) is 0 Å². The fourth-order valence-electron chi connectivity index (χ4n) is 2.57. The van der Waals surface area contributed by atoms with Gasteiger partial charge in [0.15, 0.2) is 0 Å². The summed E-state index contributed by atoms with van der Waals surface area (Å²) in [6.45, 7) is 7.43. The maximum Gasteiger partial charge on any atom is 0.241 e. The molecule has 0 saturated carbocycles. The van der Waals surface area contributed by atoms with Gasteiger partial charge in [-0.25, -0.2) is 0 Å². The highest BCUT2D eigenvalue weighted by atomic mass is 35.5. The minimum Gasteiger partial charge on any atom is -0.376 e. The molecule has 2 N–H and O–H groups in total. The molecule has 1 aliphatic heterocycles. The van der Waals surface area contributed by atoms with Crippen molar-refractivity contribution in [1.82, 2.24) is 15.1 Å². The number of carbonyl (C=O) groups excluding carboxylic acids is 2. The van der Waals surface area contributed by atoms with Crippen LogP contribution in [-0.2, 0) is 9.59 Å². The molecule has 6 nitrogen and oxygen atoms in total. The largest absolute Gasteiger partial charge is 0.376 e. The van der Waals surface area contributed by atoms with Crippen LogP contribution in [0.15, 0.2) is 30.3 Å². The number of piperazine rings is 1. The maximum absolute atomic E-state index is 12.2. The van der Waals surface area contributed by atoms with Gasteiger partial charge >= 0.3 is 0 Å². The van der Waals surface area contributed by atoms with Crippen molar-refractivity contribution in [3.63, 3.8) is 0 Å². The van der Waals surface area contributed by atoms with Crippen LogP contribution in [-0.4, -0.2) is 66.9 Å². The molecule has 0 aliphatic carbocycles. The quantitative estimate of drug-likeness (QED) is 0.774. The number of nitrogens with one attached hydrogen (secondary N) is 2. The molecule has 1 fully saturated rings. The van der Waals surface area contributed by atoms with E-state index < -0.39 is 0 Å². The summed E-state index contributed by atoms with van der Waals surface area (Å²) in [5.41, 5.74) is 0.949. The van der Waals surface area contributed by atoms with Gasteiger partial charge in [0.1, 0.15) is 0 Å². The van der Waals surface area contributed by atoms with Crippen LogP contribution in [0, 0.1) is 0 Å². The number of para-hydroxylation sites is 1. The van der Waals surface area contributed by atoms with Crippen molar-refractivity contribution in [3.05, 3.63) is 30.3 Å². The van der Waals surface area contributed by atoms with E-state index in [-0.39, 0.29) is 42.7 Å². The van der Waals surface area contributed by atoms with Crippen molar-refractivity contribution in [2.24, 2.45) is 0 Å². The Morgan fingerprint density at radius 1 is 1.04 bits per heavy atom. The number of anilines is 1. The maximum atomic E-state index is 12.2. The number of halogens is 2. The van der Waals surface area contributed by atoms with Crippen molar-refractivity contribution in [2.75, 3.05) is 44.6 Å². The second-order valence-corrected chi connectivity index (χ2v) is 6.10. The third kappa shape index (κ3) is 8.43. The molecule has 0 radical (unpaired) electrons. The van der Waals surface area contributed by atoms with E-state index in [1.54, 1.807) is 0 Å². The Bertz CT molecular complexity index is 521. The Morgan fingerprint density at radius 3 is 2.20 bits per heavy atom. The number of carbonyl (C=O) groups is 2. The monoisotopic (exact) mass is 390 g/mol. The number of hydrogen-bond donors (Lipinski definition) is 2. The minimum atomic E-state index is 0. The standard InChI is InChI=1S/C17H26N4O2.2ClH/c1-14(2)19-16(22)13-20-8-10-21(11-9-20)17(23)12-18-15-6-4-3-5-7-15;;/h3-7,14,18H,8-13H2,1-2H3,(H,19,22);2*1H. The molecule has 0 aromatic heterocycles. The molecule has 142 valence electrons. The molecule has 0 unspecified atom stereocenters. The first kappa shape index (κ1) is 23.5. The molecule has 1 aromatic rings. The summed E-state index contributed by atoms with van der Waals surface area (Å²) < 4.78 is 0. The number of nitrogens with zero attached hydrogens (tertiary/aromatic N) is 2. The van der Waals surface area contributed by atoms with Crippen LogP contribution in [0.2, 0.25) is 0 Å². The van der Waals surface area contributed by atoms with E-state index in [4.69, 9.17) is 0 Å². The molecule has 25 heavy (non-hydrogen) atoms. The number of hydrogen-bond acceptors (Lipinski definition) is 4. The van der Waals surface area contributed by atoms with E-state index >= 15 is 0 Å². The lowest BCUT2D eigenvalue weighted by molar-refractivity contribution is -0.131. The van der Waals surface area contributed by atoms with Crippen LogP contribution >= 0.6 is 24.8 Å². The van der Waals surface area contributed by atoms with Crippen LogP contribution in [0.25, 0.3) is 0 Å². The van der Waals surface area contributed by atoms with E-state index in [9.17, 15) is 9.59 Å².